The smallest absolute Gasteiger partial charge is 0.408 e. The number of aliphatic hydroxyl groups excluding tert-OH is 1. The van der Waals surface area contributed by atoms with Crippen molar-refractivity contribution in [2.75, 3.05) is 18.9 Å². The van der Waals surface area contributed by atoms with Gasteiger partial charge in [-0.25, -0.2) is 9.59 Å². The van der Waals surface area contributed by atoms with Gasteiger partial charge in [-0.2, -0.15) is 4.98 Å². The lowest BCUT2D eigenvalue weighted by Gasteiger charge is -2.19. The Morgan fingerprint density at radius 3 is 2.39 bits per heavy atom. The lowest BCUT2D eigenvalue weighted by Crippen LogP contribution is -2.32. The number of amides is 1. The first-order chi connectivity index (χ1) is 15.1. The Morgan fingerprint density at radius 1 is 1.30 bits per heavy atom. The minimum absolute atomic E-state index is 0.00715. The quantitative estimate of drug-likeness (QED) is 0.483. The van der Waals surface area contributed by atoms with Crippen LogP contribution >= 0.6 is 0 Å². The molecule has 1 aliphatic rings. The summed E-state index contributed by atoms with van der Waals surface area (Å²) in [5.74, 6) is 4.76. The van der Waals surface area contributed by atoms with Crippen LogP contribution in [0.4, 0.5) is 10.6 Å². The fraction of sp³-hybridized carbons (Fsp3) is 0.636. The highest BCUT2D eigenvalue weighted by Crippen LogP contribution is 2.27. The van der Waals surface area contributed by atoms with Crippen molar-refractivity contribution in [1.29, 1.82) is 0 Å². The Morgan fingerprint density at radius 2 is 1.91 bits per heavy atom. The lowest BCUT2D eigenvalue weighted by molar-refractivity contribution is -0.145. The number of anilines is 1. The molecule has 0 bridgehead atoms. The van der Waals surface area contributed by atoms with Gasteiger partial charge in [-0.3, -0.25) is 9.36 Å². The number of rotatable bonds is 3. The summed E-state index contributed by atoms with van der Waals surface area (Å²) in [5, 5.41) is 19.9. The maximum Gasteiger partial charge on any atom is 0.408 e. The molecule has 5 N–H and O–H groups in total. The summed E-state index contributed by atoms with van der Waals surface area (Å²) in [6, 6.07) is 0. The average Bonchev–Trinajstić information content (AvgIpc) is 3.14. The Hall–Kier alpha value is -3.10. The lowest BCUT2D eigenvalue weighted by atomic mass is 9.98. The number of aliphatic hydroxyl groups is 1. The topological polar surface area (TPSA) is 166 Å². The number of hydrogen-bond donors (Lipinski definition) is 4. The molecule has 11 nitrogen and oxygen atoms in total. The summed E-state index contributed by atoms with van der Waals surface area (Å²) in [7, 11) is 0. The van der Waals surface area contributed by atoms with E-state index in [4.69, 9.17) is 25.4 Å². The van der Waals surface area contributed by atoms with E-state index in [1.807, 2.05) is 0 Å². The van der Waals surface area contributed by atoms with E-state index < -0.39 is 35.0 Å². The first kappa shape index (κ1) is 27.9. The number of ether oxygens (including phenoxy) is 2. The zero-order valence-electron chi connectivity index (χ0n) is 20.0. The first-order valence-corrected chi connectivity index (χ1v) is 10.5. The van der Waals surface area contributed by atoms with Crippen LogP contribution in [0.1, 0.15) is 66.2 Å². The number of carboxylic acids is 1. The van der Waals surface area contributed by atoms with Crippen LogP contribution in [0.3, 0.4) is 0 Å². The molecule has 1 aromatic heterocycles. The molecule has 1 aliphatic heterocycles. The van der Waals surface area contributed by atoms with Crippen molar-refractivity contribution in [1.82, 2.24) is 14.9 Å². The standard InChI is InChI=1S/C17H24N4O5.C5H10O2/c1-17(2,3)26-16(24)19-8-4-5-11-9-21(15(23)20-14(11)18)13-7-6-12(10-22)25-13;1-5(2,3)4(6)7/h9,12-13,22H,6-8,10H2,1-3H3,(H,19,24)(H2,18,20,23);1-3H3,(H,6,7). The molecule has 1 aromatic rings. The summed E-state index contributed by atoms with van der Waals surface area (Å²) in [6.45, 7) is 10.2. The van der Waals surface area contributed by atoms with Crippen LogP contribution in [0.5, 0.6) is 0 Å². The second kappa shape index (κ2) is 11.7. The number of nitrogens with one attached hydrogen (secondary N) is 1. The number of nitrogens with two attached hydrogens (primary N) is 1. The molecule has 1 amide bonds. The molecule has 2 heterocycles. The highest BCUT2D eigenvalue weighted by atomic mass is 16.6. The molecule has 1 fully saturated rings. The number of carbonyl (C=O) groups excluding carboxylic acids is 1. The molecule has 2 unspecified atom stereocenters. The van der Waals surface area contributed by atoms with E-state index in [0.29, 0.717) is 18.4 Å². The summed E-state index contributed by atoms with van der Waals surface area (Å²) in [6.07, 6.45) is 1.35. The third kappa shape index (κ3) is 9.93. The van der Waals surface area contributed by atoms with Gasteiger partial charge in [0.25, 0.3) is 0 Å². The number of carboxylic acid groups (broad SMARTS) is 1. The molecular formula is C22H34N4O7. The molecule has 11 heteroatoms. The van der Waals surface area contributed by atoms with Crippen LogP contribution in [-0.4, -0.2) is 56.7 Å². The second-order valence-corrected chi connectivity index (χ2v) is 9.41. The van der Waals surface area contributed by atoms with Gasteiger partial charge < -0.3 is 30.7 Å². The van der Waals surface area contributed by atoms with Crippen molar-refractivity contribution in [2.45, 2.75) is 72.3 Å². The van der Waals surface area contributed by atoms with Crippen molar-refractivity contribution >= 4 is 17.9 Å². The number of hydrogen-bond acceptors (Lipinski definition) is 8. The number of carbonyl (C=O) groups is 2. The van der Waals surface area contributed by atoms with Crippen LogP contribution in [0.15, 0.2) is 11.0 Å². The molecule has 0 spiro atoms. The van der Waals surface area contributed by atoms with E-state index in [9.17, 15) is 14.4 Å². The molecule has 1 saturated heterocycles. The van der Waals surface area contributed by atoms with Gasteiger partial charge in [0.2, 0.25) is 0 Å². The zero-order chi connectivity index (χ0) is 25.4. The largest absolute Gasteiger partial charge is 0.481 e. The SMILES string of the molecule is CC(C)(C)C(=O)O.CC(C)(C)OC(=O)NCC#Cc1cn(C2CCC(CO)O2)c(=O)nc1N. The van der Waals surface area contributed by atoms with Gasteiger partial charge in [0.15, 0.2) is 0 Å². The number of aromatic nitrogens is 2. The van der Waals surface area contributed by atoms with Crippen molar-refractivity contribution in [2.24, 2.45) is 5.41 Å². The normalized spacial score (nSPS) is 17.8. The molecule has 0 saturated carbocycles. The molecule has 33 heavy (non-hydrogen) atoms. The number of alkyl carbamates (subject to hydrolysis) is 1. The highest BCUT2D eigenvalue weighted by molar-refractivity contribution is 5.72. The Balaban J connectivity index is 0.000000675. The Kier molecular flexibility index (Phi) is 9.88. The first-order valence-electron chi connectivity index (χ1n) is 10.5. The van der Waals surface area contributed by atoms with Gasteiger partial charge >= 0.3 is 17.8 Å². The maximum absolute atomic E-state index is 12.0. The molecular weight excluding hydrogens is 432 g/mol. The van der Waals surface area contributed by atoms with Gasteiger partial charge in [-0.05, 0) is 54.4 Å². The van der Waals surface area contributed by atoms with Crippen LogP contribution in [0.25, 0.3) is 0 Å². The third-order valence-electron chi connectivity index (χ3n) is 4.16. The molecule has 184 valence electrons. The fourth-order valence-electron chi connectivity index (χ4n) is 2.38. The van der Waals surface area contributed by atoms with E-state index >= 15 is 0 Å². The fourth-order valence-corrected chi connectivity index (χ4v) is 2.38. The Labute approximate surface area is 193 Å². The van der Waals surface area contributed by atoms with Crippen LogP contribution in [0, 0.1) is 17.3 Å². The number of aliphatic carboxylic acids is 1. The minimum atomic E-state index is -0.757. The summed E-state index contributed by atoms with van der Waals surface area (Å²) >= 11 is 0. The van der Waals surface area contributed by atoms with E-state index in [0.717, 1.165) is 0 Å². The summed E-state index contributed by atoms with van der Waals surface area (Å²) < 4.78 is 12.0. The second-order valence-electron chi connectivity index (χ2n) is 9.41. The molecule has 0 aliphatic carbocycles. The van der Waals surface area contributed by atoms with E-state index in [2.05, 4.69) is 22.1 Å². The van der Waals surface area contributed by atoms with Crippen LogP contribution in [-0.2, 0) is 14.3 Å². The zero-order valence-corrected chi connectivity index (χ0v) is 20.0. The average molecular weight is 467 g/mol. The van der Waals surface area contributed by atoms with E-state index in [1.54, 1.807) is 41.5 Å². The molecule has 2 rings (SSSR count). The molecule has 0 aromatic carbocycles. The predicted octanol–water partition coefficient (Wildman–Crippen LogP) is 1.49. The van der Waals surface area contributed by atoms with Crippen molar-refractivity contribution in [3.8, 4) is 11.8 Å². The summed E-state index contributed by atoms with van der Waals surface area (Å²) in [5.41, 5.74) is 4.39. The van der Waals surface area contributed by atoms with Gasteiger partial charge in [-0.1, -0.05) is 11.8 Å². The van der Waals surface area contributed by atoms with Gasteiger partial charge in [-0.15, -0.1) is 0 Å². The minimum Gasteiger partial charge on any atom is -0.481 e. The molecule has 2 atom stereocenters. The van der Waals surface area contributed by atoms with Gasteiger partial charge in [0.1, 0.15) is 17.6 Å². The third-order valence-corrected chi connectivity index (χ3v) is 4.16. The highest BCUT2D eigenvalue weighted by Gasteiger charge is 2.27. The monoisotopic (exact) mass is 466 g/mol. The molecule has 0 radical (unpaired) electrons. The Bertz CT molecular complexity index is 949. The van der Waals surface area contributed by atoms with Crippen molar-refractivity contribution in [3.63, 3.8) is 0 Å². The number of nitrogens with zero attached hydrogens (tertiary/aromatic N) is 2. The van der Waals surface area contributed by atoms with Crippen LogP contribution < -0.4 is 16.7 Å². The van der Waals surface area contributed by atoms with E-state index in [1.165, 1.54) is 10.8 Å². The van der Waals surface area contributed by atoms with E-state index in [-0.39, 0.29) is 25.1 Å². The van der Waals surface area contributed by atoms with Crippen molar-refractivity contribution in [3.05, 3.63) is 22.2 Å². The maximum atomic E-state index is 12.0. The van der Waals surface area contributed by atoms with Crippen LogP contribution in [0.2, 0.25) is 0 Å². The van der Waals surface area contributed by atoms with Gasteiger partial charge in [0, 0.05) is 6.20 Å². The van der Waals surface area contributed by atoms with Gasteiger partial charge in [0.05, 0.1) is 30.2 Å². The van der Waals surface area contributed by atoms with Crippen molar-refractivity contribution < 1.29 is 29.3 Å². The number of nitrogen functional groups attached to an aromatic ring is 1. The summed E-state index contributed by atoms with van der Waals surface area (Å²) in [4.78, 5) is 37.4. The predicted molar refractivity (Wildman–Crippen MR) is 121 cm³/mol.